The first kappa shape index (κ1) is 23.4. The Morgan fingerprint density at radius 3 is 2.39 bits per heavy atom. The summed E-state index contributed by atoms with van der Waals surface area (Å²) in [5.41, 5.74) is 2.48. The van der Waals surface area contributed by atoms with Crippen molar-refractivity contribution < 1.29 is 27.6 Å². The zero-order chi connectivity index (χ0) is 25.4. The van der Waals surface area contributed by atoms with Crippen molar-refractivity contribution in [1.82, 2.24) is 4.98 Å². The van der Waals surface area contributed by atoms with Crippen LogP contribution in [0.3, 0.4) is 0 Å². The molecule has 0 spiro atoms. The lowest BCUT2D eigenvalue weighted by atomic mass is 9.70. The third kappa shape index (κ3) is 4.61. The predicted molar refractivity (Wildman–Crippen MR) is 127 cm³/mol. The van der Waals surface area contributed by atoms with Crippen LogP contribution in [0.2, 0.25) is 0 Å². The molecule has 0 aliphatic heterocycles. The molecule has 0 bridgehead atoms. The van der Waals surface area contributed by atoms with Gasteiger partial charge in [-0.25, -0.2) is 18.0 Å². The van der Waals surface area contributed by atoms with Gasteiger partial charge in [-0.3, -0.25) is 15.4 Å². The maximum atomic E-state index is 14.5. The number of rotatable bonds is 6. The van der Waals surface area contributed by atoms with E-state index in [4.69, 9.17) is 4.74 Å². The molecule has 4 aromatic rings. The lowest BCUT2D eigenvalue weighted by Gasteiger charge is -2.35. The SMILES string of the molecule is O=C(Nc1ccc([N+](=O)[O-])cc1)OCC1CC(c2c(-c3ccc(F)cc3)[nH]c3c(F)cc(F)cc23)C1. The fourth-order valence-corrected chi connectivity index (χ4v) is 4.63. The van der Waals surface area contributed by atoms with E-state index in [0.29, 0.717) is 35.2 Å². The van der Waals surface area contributed by atoms with E-state index in [2.05, 4.69) is 10.3 Å². The van der Waals surface area contributed by atoms with Crippen LogP contribution in [0, 0.1) is 33.5 Å². The molecule has 1 heterocycles. The monoisotopic (exact) mass is 495 g/mol. The Morgan fingerprint density at radius 1 is 1.03 bits per heavy atom. The van der Waals surface area contributed by atoms with E-state index in [1.165, 1.54) is 42.5 Å². The van der Waals surface area contributed by atoms with E-state index in [-0.39, 0.29) is 29.6 Å². The van der Waals surface area contributed by atoms with Crippen molar-refractivity contribution in [3.05, 3.63) is 93.8 Å². The highest BCUT2D eigenvalue weighted by atomic mass is 19.1. The van der Waals surface area contributed by atoms with Gasteiger partial charge in [0, 0.05) is 29.3 Å². The van der Waals surface area contributed by atoms with Gasteiger partial charge in [0.05, 0.1) is 22.7 Å². The van der Waals surface area contributed by atoms with Crippen LogP contribution in [0.25, 0.3) is 22.2 Å². The van der Waals surface area contributed by atoms with Gasteiger partial charge in [-0.05, 0) is 78.3 Å². The predicted octanol–water partition coefficient (Wildman–Crippen LogP) is 6.90. The maximum absolute atomic E-state index is 14.5. The number of hydrogen-bond donors (Lipinski definition) is 2. The Kier molecular flexibility index (Phi) is 6.09. The summed E-state index contributed by atoms with van der Waals surface area (Å²) in [6.45, 7) is 0.145. The van der Waals surface area contributed by atoms with Crippen molar-refractivity contribution in [2.75, 3.05) is 11.9 Å². The number of benzene rings is 3. The maximum Gasteiger partial charge on any atom is 0.411 e. The first-order chi connectivity index (χ1) is 17.3. The molecule has 0 unspecified atom stereocenters. The largest absolute Gasteiger partial charge is 0.449 e. The molecule has 1 amide bonds. The minimum atomic E-state index is -0.707. The minimum Gasteiger partial charge on any atom is -0.449 e. The van der Waals surface area contributed by atoms with Crippen molar-refractivity contribution in [3.8, 4) is 11.3 Å². The van der Waals surface area contributed by atoms with Gasteiger partial charge < -0.3 is 9.72 Å². The van der Waals surface area contributed by atoms with Crippen LogP contribution in [0.1, 0.15) is 24.3 Å². The summed E-state index contributed by atoms with van der Waals surface area (Å²) < 4.78 is 47.3. The zero-order valence-electron chi connectivity index (χ0n) is 18.8. The van der Waals surface area contributed by atoms with Gasteiger partial charge in [0.15, 0.2) is 0 Å². The Bertz CT molecular complexity index is 1450. The van der Waals surface area contributed by atoms with Crippen LogP contribution >= 0.6 is 0 Å². The summed E-state index contributed by atoms with van der Waals surface area (Å²) >= 11 is 0. The zero-order valence-corrected chi connectivity index (χ0v) is 18.8. The fraction of sp³-hybridized carbons (Fsp3) is 0.192. The van der Waals surface area contributed by atoms with Crippen LogP contribution < -0.4 is 5.32 Å². The van der Waals surface area contributed by atoms with Gasteiger partial charge in [0.2, 0.25) is 0 Å². The Labute approximate surface area is 203 Å². The molecule has 1 aromatic heterocycles. The normalized spacial score (nSPS) is 17.0. The summed E-state index contributed by atoms with van der Waals surface area (Å²) in [6, 6.07) is 13.3. The number of carbonyl (C=O) groups is 1. The number of nitrogens with zero attached hydrogens (tertiary/aromatic N) is 1. The van der Waals surface area contributed by atoms with Crippen LogP contribution in [0.5, 0.6) is 0 Å². The molecule has 1 aliphatic rings. The Balaban J connectivity index is 1.27. The number of amides is 1. The summed E-state index contributed by atoms with van der Waals surface area (Å²) in [5.74, 6) is -1.79. The number of anilines is 1. The summed E-state index contributed by atoms with van der Waals surface area (Å²) in [6.07, 6.45) is 0.573. The lowest BCUT2D eigenvalue weighted by molar-refractivity contribution is -0.384. The second-order valence-corrected chi connectivity index (χ2v) is 8.79. The molecular weight excluding hydrogens is 475 g/mol. The molecule has 0 atom stereocenters. The molecule has 1 aliphatic carbocycles. The van der Waals surface area contributed by atoms with E-state index in [1.54, 1.807) is 12.1 Å². The summed E-state index contributed by atoms with van der Waals surface area (Å²) in [4.78, 5) is 25.4. The summed E-state index contributed by atoms with van der Waals surface area (Å²) in [7, 11) is 0. The van der Waals surface area contributed by atoms with Crippen molar-refractivity contribution >= 4 is 28.4 Å². The van der Waals surface area contributed by atoms with Gasteiger partial charge >= 0.3 is 6.09 Å². The number of ether oxygens (including phenoxy) is 1. The van der Waals surface area contributed by atoms with Crippen molar-refractivity contribution in [1.29, 1.82) is 0 Å². The highest BCUT2D eigenvalue weighted by molar-refractivity contribution is 5.92. The van der Waals surface area contributed by atoms with Crippen molar-refractivity contribution in [3.63, 3.8) is 0 Å². The third-order valence-electron chi connectivity index (χ3n) is 6.42. The molecule has 0 radical (unpaired) electrons. The topological polar surface area (TPSA) is 97.3 Å². The molecule has 36 heavy (non-hydrogen) atoms. The van der Waals surface area contributed by atoms with E-state index in [0.717, 1.165) is 11.6 Å². The number of nitro benzene ring substituents is 1. The molecule has 5 rings (SSSR count). The fourth-order valence-electron chi connectivity index (χ4n) is 4.63. The number of non-ortho nitro benzene ring substituents is 1. The molecule has 3 aromatic carbocycles. The average Bonchev–Trinajstić information content (AvgIpc) is 3.18. The van der Waals surface area contributed by atoms with Crippen molar-refractivity contribution in [2.24, 2.45) is 5.92 Å². The van der Waals surface area contributed by atoms with Gasteiger partial charge in [0.1, 0.15) is 17.5 Å². The van der Waals surface area contributed by atoms with Crippen LogP contribution in [0.15, 0.2) is 60.7 Å². The van der Waals surface area contributed by atoms with Gasteiger partial charge in [-0.1, -0.05) is 0 Å². The second-order valence-electron chi connectivity index (χ2n) is 8.79. The standard InChI is InChI=1S/C26H20F3N3O4/c27-17-3-1-15(2-4-17)24-23(21-11-18(28)12-22(29)25(21)31-24)16-9-14(10-16)13-36-26(33)30-19-5-7-20(8-6-19)32(34)35/h1-8,11-12,14,16,31H,9-10,13H2,(H,30,33). The number of nitro groups is 1. The Morgan fingerprint density at radius 2 is 1.72 bits per heavy atom. The smallest absolute Gasteiger partial charge is 0.411 e. The molecule has 2 N–H and O–H groups in total. The van der Waals surface area contributed by atoms with Gasteiger partial charge in [-0.2, -0.15) is 0 Å². The number of H-pyrrole nitrogens is 1. The number of aromatic amines is 1. The van der Waals surface area contributed by atoms with Gasteiger partial charge in [-0.15, -0.1) is 0 Å². The molecule has 184 valence electrons. The molecule has 7 nitrogen and oxygen atoms in total. The highest BCUT2D eigenvalue weighted by Gasteiger charge is 2.35. The van der Waals surface area contributed by atoms with Crippen LogP contribution in [0.4, 0.5) is 29.3 Å². The Hall–Kier alpha value is -4.34. The van der Waals surface area contributed by atoms with Crippen molar-refractivity contribution in [2.45, 2.75) is 18.8 Å². The summed E-state index contributed by atoms with van der Waals surface area (Å²) in [5, 5.41) is 13.7. The molecule has 0 saturated heterocycles. The number of nitrogens with one attached hydrogen (secondary N) is 2. The van der Waals surface area contributed by atoms with E-state index >= 15 is 0 Å². The number of halogens is 3. The quantitative estimate of drug-likeness (QED) is 0.225. The minimum absolute atomic E-state index is 0.0358. The molecular formula is C26H20F3N3O4. The van der Waals surface area contributed by atoms with E-state index in [9.17, 15) is 28.1 Å². The van der Waals surface area contributed by atoms with E-state index in [1.807, 2.05) is 0 Å². The van der Waals surface area contributed by atoms with Crippen LogP contribution in [-0.4, -0.2) is 22.6 Å². The first-order valence-electron chi connectivity index (χ1n) is 11.2. The van der Waals surface area contributed by atoms with E-state index < -0.39 is 28.5 Å². The first-order valence-corrected chi connectivity index (χ1v) is 11.2. The molecule has 1 fully saturated rings. The number of fused-ring (bicyclic) bond motifs is 1. The number of hydrogen-bond acceptors (Lipinski definition) is 4. The number of aromatic nitrogens is 1. The molecule has 1 saturated carbocycles. The molecule has 10 heteroatoms. The lowest BCUT2D eigenvalue weighted by Crippen LogP contribution is -2.28. The third-order valence-corrected chi connectivity index (χ3v) is 6.42. The number of carbonyl (C=O) groups excluding carboxylic acids is 1. The average molecular weight is 495 g/mol. The van der Waals surface area contributed by atoms with Gasteiger partial charge in [0.25, 0.3) is 5.69 Å². The second kappa shape index (κ2) is 9.37. The highest BCUT2D eigenvalue weighted by Crippen LogP contribution is 2.48. The van der Waals surface area contributed by atoms with Crippen LogP contribution in [-0.2, 0) is 4.74 Å².